The molecule has 0 aliphatic heterocycles. The van der Waals surface area contributed by atoms with Gasteiger partial charge in [-0.2, -0.15) is 0 Å². The molecule has 3 heteroatoms. The zero-order valence-corrected chi connectivity index (χ0v) is 7.63. The van der Waals surface area contributed by atoms with Crippen LogP contribution in [0, 0.1) is 5.92 Å². The van der Waals surface area contributed by atoms with Gasteiger partial charge in [0.15, 0.2) is 0 Å². The Hall–Kier alpha value is -0.120. The second-order valence-electron chi connectivity index (χ2n) is 3.10. The van der Waals surface area contributed by atoms with Crippen molar-refractivity contribution in [3.8, 4) is 0 Å². The van der Waals surface area contributed by atoms with Crippen molar-refractivity contribution >= 4 is 0 Å². The van der Waals surface area contributed by atoms with Crippen LogP contribution in [0.25, 0.3) is 0 Å². The Morgan fingerprint density at radius 3 is 2.45 bits per heavy atom. The van der Waals surface area contributed by atoms with Gasteiger partial charge in [0.05, 0.1) is 6.61 Å². The van der Waals surface area contributed by atoms with E-state index in [1.54, 1.807) is 6.92 Å². The van der Waals surface area contributed by atoms with Gasteiger partial charge in [-0.3, -0.25) is 5.32 Å². The number of ether oxygens (including phenoxy) is 1. The highest BCUT2D eigenvalue weighted by Gasteiger charge is 1.94. The van der Waals surface area contributed by atoms with E-state index in [1.165, 1.54) is 0 Å². The Morgan fingerprint density at radius 2 is 2.00 bits per heavy atom. The van der Waals surface area contributed by atoms with Crippen molar-refractivity contribution in [2.45, 2.75) is 27.0 Å². The summed E-state index contributed by atoms with van der Waals surface area (Å²) < 4.78 is 5.27. The van der Waals surface area contributed by atoms with Gasteiger partial charge in [0.2, 0.25) is 0 Å². The molecule has 68 valence electrons. The highest BCUT2D eigenvalue weighted by atomic mass is 16.5. The second kappa shape index (κ2) is 6.58. The van der Waals surface area contributed by atoms with Crippen molar-refractivity contribution in [2.24, 2.45) is 5.92 Å². The van der Waals surface area contributed by atoms with Gasteiger partial charge in [0.1, 0.15) is 6.23 Å². The Balaban J connectivity index is 2.91. The lowest BCUT2D eigenvalue weighted by atomic mass is 10.2. The average molecular weight is 161 g/mol. The number of aliphatic hydroxyl groups excluding tert-OH is 1. The third-order valence-corrected chi connectivity index (χ3v) is 1.14. The van der Waals surface area contributed by atoms with Crippen LogP contribution < -0.4 is 5.32 Å². The molecule has 0 amide bonds. The molecule has 3 nitrogen and oxygen atoms in total. The fraction of sp³-hybridized carbons (Fsp3) is 1.00. The largest absolute Gasteiger partial charge is 0.380 e. The van der Waals surface area contributed by atoms with Gasteiger partial charge in [-0.1, -0.05) is 13.8 Å². The molecule has 0 spiro atoms. The highest BCUT2D eigenvalue weighted by Crippen LogP contribution is 1.90. The molecule has 1 atom stereocenters. The van der Waals surface area contributed by atoms with E-state index < -0.39 is 6.23 Å². The van der Waals surface area contributed by atoms with Gasteiger partial charge < -0.3 is 9.84 Å². The summed E-state index contributed by atoms with van der Waals surface area (Å²) in [6.07, 6.45) is -0.433. The van der Waals surface area contributed by atoms with Crippen molar-refractivity contribution < 1.29 is 9.84 Å². The molecular formula is C8H19NO2. The number of hydrogen-bond donors (Lipinski definition) is 2. The molecule has 0 bridgehead atoms. The second-order valence-corrected chi connectivity index (χ2v) is 3.10. The van der Waals surface area contributed by atoms with Crippen molar-refractivity contribution in [1.82, 2.24) is 5.32 Å². The van der Waals surface area contributed by atoms with E-state index in [-0.39, 0.29) is 0 Å². The van der Waals surface area contributed by atoms with Crippen LogP contribution in [0.1, 0.15) is 20.8 Å². The smallest absolute Gasteiger partial charge is 0.102 e. The van der Waals surface area contributed by atoms with Crippen molar-refractivity contribution in [1.29, 1.82) is 0 Å². The van der Waals surface area contributed by atoms with Crippen molar-refractivity contribution in [3.05, 3.63) is 0 Å². The molecule has 1 unspecified atom stereocenters. The Labute approximate surface area is 68.8 Å². The molecule has 0 radical (unpaired) electrons. The first kappa shape index (κ1) is 10.9. The zero-order valence-electron chi connectivity index (χ0n) is 7.63. The molecule has 0 aliphatic rings. The number of rotatable bonds is 6. The summed E-state index contributed by atoms with van der Waals surface area (Å²) in [6.45, 7) is 8.10. The van der Waals surface area contributed by atoms with E-state index in [4.69, 9.17) is 9.84 Å². The lowest BCUT2D eigenvalue weighted by Crippen LogP contribution is -2.29. The van der Waals surface area contributed by atoms with E-state index in [0.717, 1.165) is 6.61 Å². The SMILES string of the molecule is CC(C)COCCNC(C)O. The molecule has 0 fully saturated rings. The van der Waals surface area contributed by atoms with Crippen LogP contribution in [0.4, 0.5) is 0 Å². The van der Waals surface area contributed by atoms with E-state index in [9.17, 15) is 0 Å². The summed E-state index contributed by atoms with van der Waals surface area (Å²) in [7, 11) is 0. The topological polar surface area (TPSA) is 41.5 Å². The van der Waals surface area contributed by atoms with Crippen molar-refractivity contribution in [3.63, 3.8) is 0 Å². The van der Waals surface area contributed by atoms with Gasteiger partial charge in [-0.05, 0) is 12.8 Å². The van der Waals surface area contributed by atoms with Gasteiger partial charge >= 0.3 is 0 Å². The van der Waals surface area contributed by atoms with Crippen LogP contribution >= 0.6 is 0 Å². The van der Waals surface area contributed by atoms with Crippen LogP contribution in [0.5, 0.6) is 0 Å². The zero-order chi connectivity index (χ0) is 8.69. The van der Waals surface area contributed by atoms with E-state index in [0.29, 0.717) is 19.1 Å². The Morgan fingerprint density at radius 1 is 1.36 bits per heavy atom. The van der Waals surface area contributed by atoms with Gasteiger partial charge in [-0.15, -0.1) is 0 Å². The lowest BCUT2D eigenvalue weighted by Gasteiger charge is -2.08. The minimum Gasteiger partial charge on any atom is -0.380 e. The van der Waals surface area contributed by atoms with E-state index in [2.05, 4.69) is 19.2 Å². The lowest BCUT2D eigenvalue weighted by molar-refractivity contribution is 0.0921. The fourth-order valence-electron chi connectivity index (χ4n) is 0.659. The molecular weight excluding hydrogens is 142 g/mol. The molecule has 0 saturated carbocycles. The van der Waals surface area contributed by atoms with Crippen molar-refractivity contribution in [2.75, 3.05) is 19.8 Å². The maximum atomic E-state index is 8.79. The quantitative estimate of drug-likeness (QED) is 0.442. The maximum absolute atomic E-state index is 8.79. The predicted molar refractivity (Wildman–Crippen MR) is 45.3 cm³/mol. The number of nitrogens with one attached hydrogen (secondary N) is 1. The molecule has 0 aromatic carbocycles. The first-order chi connectivity index (χ1) is 5.13. The number of aliphatic hydroxyl groups is 1. The molecule has 0 aromatic rings. The molecule has 0 rings (SSSR count). The Kier molecular flexibility index (Phi) is 6.51. The van der Waals surface area contributed by atoms with Gasteiger partial charge in [0.25, 0.3) is 0 Å². The number of hydrogen-bond acceptors (Lipinski definition) is 3. The molecule has 0 aromatic heterocycles. The summed E-state index contributed by atoms with van der Waals surface area (Å²) in [5, 5.41) is 11.6. The van der Waals surface area contributed by atoms with Gasteiger partial charge in [0, 0.05) is 13.2 Å². The molecule has 0 heterocycles. The summed E-state index contributed by atoms with van der Waals surface area (Å²) in [5.41, 5.74) is 0. The standard InChI is InChI=1S/C8H19NO2/c1-7(2)6-11-5-4-9-8(3)10/h7-10H,4-6H2,1-3H3. The highest BCUT2D eigenvalue weighted by molar-refractivity contribution is 4.45. The van der Waals surface area contributed by atoms with Crippen LogP contribution in [-0.4, -0.2) is 31.1 Å². The third-order valence-electron chi connectivity index (χ3n) is 1.14. The first-order valence-corrected chi connectivity index (χ1v) is 4.12. The summed E-state index contributed by atoms with van der Waals surface area (Å²) in [4.78, 5) is 0. The summed E-state index contributed by atoms with van der Waals surface area (Å²) in [6, 6.07) is 0. The molecule has 2 N–H and O–H groups in total. The molecule has 0 aliphatic carbocycles. The van der Waals surface area contributed by atoms with Crippen LogP contribution in [0.3, 0.4) is 0 Å². The minimum absolute atomic E-state index is 0.433. The first-order valence-electron chi connectivity index (χ1n) is 4.12. The third kappa shape index (κ3) is 9.88. The summed E-state index contributed by atoms with van der Waals surface area (Å²) >= 11 is 0. The van der Waals surface area contributed by atoms with Crippen LogP contribution in [0.2, 0.25) is 0 Å². The normalized spacial score (nSPS) is 13.9. The van der Waals surface area contributed by atoms with Crippen LogP contribution in [0.15, 0.2) is 0 Å². The fourth-order valence-corrected chi connectivity index (χ4v) is 0.659. The molecule has 0 saturated heterocycles. The van der Waals surface area contributed by atoms with E-state index in [1.807, 2.05) is 0 Å². The van der Waals surface area contributed by atoms with E-state index >= 15 is 0 Å². The summed E-state index contributed by atoms with van der Waals surface area (Å²) in [5.74, 6) is 0.585. The van der Waals surface area contributed by atoms with Crippen LogP contribution in [-0.2, 0) is 4.74 Å². The predicted octanol–water partition coefficient (Wildman–Crippen LogP) is 0.587. The minimum atomic E-state index is -0.433. The molecule has 11 heavy (non-hydrogen) atoms. The van der Waals surface area contributed by atoms with Gasteiger partial charge in [-0.25, -0.2) is 0 Å². The average Bonchev–Trinajstić information content (AvgIpc) is 1.85. The maximum Gasteiger partial charge on any atom is 0.102 e. The Bertz CT molecular complexity index is 74.2. The monoisotopic (exact) mass is 161 g/mol.